The second kappa shape index (κ2) is 6.66. The Kier molecular flexibility index (Phi) is 4.90. The molecule has 1 aromatic carbocycles. The van der Waals surface area contributed by atoms with Crippen molar-refractivity contribution in [1.82, 2.24) is 4.90 Å². The van der Waals surface area contributed by atoms with E-state index in [4.69, 9.17) is 10.5 Å². The number of ether oxygens (including phenoxy) is 1. The Hall–Kier alpha value is -1.20. The van der Waals surface area contributed by atoms with Gasteiger partial charge in [-0.2, -0.15) is 0 Å². The Morgan fingerprint density at radius 2 is 1.94 bits per heavy atom. The van der Waals surface area contributed by atoms with Crippen molar-refractivity contribution in [3.63, 3.8) is 0 Å². The summed E-state index contributed by atoms with van der Waals surface area (Å²) in [6.07, 6.45) is 0. The van der Waals surface area contributed by atoms with Gasteiger partial charge in [0.15, 0.2) is 0 Å². The second-order valence-corrected chi connectivity index (χ2v) is 5.21. The van der Waals surface area contributed by atoms with Crippen molar-refractivity contribution >= 4 is 23.4 Å². The van der Waals surface area contributed by atoms with Crippen LogP contribution in [0.4, 0.5) is 5.69 Å². The van der Waals surface area contributed by atoms with E-state index in [2.05, 4.69) is 0 Å². The quantitative estimate of drug-likeness (QED) is 0.836. The molecule has 98 valence electrons. The van der Waals surface area contributed by atoms with E-state index in [1.807, 2.05) is 29.2 Å². The van der Waals surface area contributed by atoms with E-state index in [1.165, 1.54) is 5.56 Å². The van der Waals surface area contributed by atoms with Crippen LogP contribution < -0.4 is 5.73 Å². The number of hydrogen-bond acceptors (Lipinski definition) is 4. The Bertz CT molecular complexity index is 388. The van der Waals surface area contributed by atoms with E-state index in [0.29, 0.717) is 19.0 Å². The molecular formula is C13H18N2O2S. The Morgan fingerprint density at radius 1 is 1.28 bits per heavy atom. The lowest BCUT2D eigenvalue weighted by Crippen LogP contribution is -2.41. The Labute approximate surface area is 111 Å². The molecule has 1 amide bonds. The predicted octanol–water partition coefficient (Wildman–Crippen LogP) is 1.36. The molecule has 4 nitrogen and oxygen atoms in total. The molecule has 0 saturated carbocycles. The smallest absolute Gasteiger partial charge is 0.232 e. The van der Waals surface area contributed by atoms with Crippen LogP contribution in [0.1, 0.15) is 5.56 Å². The first kappa shape index (κ1) is 13.2. The molecule has 1 aliphatic heterocycles. The highest BCUT2D eigenvalue weighted by molar-refractivity contribution is 7.99. The fourth-order valence-electron chi connectivity index (χ4n) is 1.77. The molecule has 1 saturated heterocycles. The van der Waals surface area contributed by atoms with Crippen molar-refractivity contribution in [3.05, 3.63) is 29.8 Å². The van der Waals surface area contributed by atoms with Gasteiger partial charge in [-0.15, -0.1) is 11.8 Å². The molecule has 0 bridgehead atoms. The molecule has 2 N–H and O–H groups in total. The van der Waals surface area contributed by atoms with Crippen LogP contribution in [-0.2, 0) is 15.3 Å². The molecule has 1 fully saturated rings. The fraction of sp³-hybridized carbons (Fsp3) is 0.462. The Balaban J connectivity index is 1.71. The van der Waals surface area contributed by atoms with Crippen molar-refractivity contribution in [3.8, 4) is 0 Å². The van der Waals surface area contributed by atoms with Gasteiger partial charge in [0.05, 0.1) is 19.0 Å². The molecule has 18 heavy (non-hydrogen) atoms. The van der Waals surface area contributed by atoms with Gasteiger partial charge in [-0.1, -0.05) is 12.1 Å². The zero-order chi connectivity index (χ0) is 12.8. The van der Waals surface area contributed by atoms with Crippen molar-refractivity contribution < 1.29 is 9.53 Å². The molecule has 0 radical (unpaired) electrons. The summed E-state index contributed by atoms with van der Waals surface area (Å²) < 4.78 is 5.22. The molecule has 1 aliphatic rings. The number of thioether (sulfide) groups is 1. The van der Waals surface area contributed by atoms with Gasteiger partial charge in [-0.25, -0.2) is 0 Å². The van der Waals surface area contributed by atoms with Crippen LogP contribution in [0.2, 0.25) is 0 Å². The zero-order valence-corrected chi connectivity index (χ0v) is 11.1. The van der Waals surface area contributed by atoms with Gasteiger partial charge in [-0.3, -0.25) is 4.79 Å². The van der Waals surface area contributed by atoms with Crippen LogP contribution in [0, 0.1) is 0 Å². The van der Waals surface area contributed by atoms with Gasteiger partial charge in [0.1, 0.15) is 0 Å². The third-order valence-electron chi connectivity index (χ3n) is 2.84. The largest absolute Gasteiger partial charge is 0.399 e. The van der Waals surface area contributed by atoms with Crippen LogP contribution in [0.3, 0.4) is 0 Å². The van der Waals surface area contributed by atoms with Crippen LogP contribution in [0.15, 0.2) is 24.3 Å². The van der Waals surface area contributed by atoms with Gasteiger partial charge in [0, 0.05) is 24.5 Å². The molecule has 2 rings (SSSR count). The lowest BCUT2D eigenvalue weighted by atomic mass is 10.2. The average Bonchev–Trinajstić information content (AvgIpc) is 2.42. The van der Waals surface area contributed by atoms with E-state index in [9.17, 15) is 4.79 Å². The summed E-state index contributed by atoms with van der Waals surface area (Å²) in [4.78, 5) is 13.7. The maximum atomic E-state index is 11.9. The summed E-state index contributed by atoms with van der Waals surface area (Å²) >= 11 is 1.64. The normalized spacial score (nSPS) is 15.7. The number of anilines is 1. The number of rotatable bonds is 4. The van der Waals surface area contributed by atoms with E-state index >= 15 is 0 Å². The third kappa shape index (κ3) is 3.92. The summed E-state index contributed by atoms with van der Waals surface area (Å²) in [5, 5.41) is 0. The van der Waals surface area contributed by atoms with Crippen molar-refractivity contribution in [2.24, 2.45) is 0 Å². The number of nitrogen functional groups attached to an aromatic ring is 1. The van der Waals surface area contributed by atoms with E-state index in [-0.39, 0.29) is 5.91 Å². The van der Waals surface area contributed by atoms with Crippen molar-refractivity contribution in [2.75, 3.05) is 37.8 Å². The molecule has 5 heteroatoms. The number of morpholine rings is 1. The first-order valence-corrected chi connectivity index (χ1v) is 7.19. The molecule has 0 atom stereocenters. The molecule has 0 spiro atoms. The van der Waals surface area contributed by atoms with Crippen LogP contribution in [0.25, 0.3) is 0 Å². The average molecular weight is 266 g/mol. The lowest BCUT2D eigenvalue weighted by Gasteiger charge is -2.26. The highest BCUT2D eigenvalue weighted by atomic mass is 32.2. The summed E-state index contributed by atoms with van der Waals surface area (Å²) in [7, 11) is 0. The summed E-state index contributed by atoms with van der Waals surface area (Å²) in [5.41, 5.74) is 7.59. The summed E-state index contributed by atoms with van der Waals surface area (Å²) in [6.45, 7) is 2.77. The van der Waals surface area contributed by atoms with E-state index in [1.54, 1.807) is 11.8 Å². The highest BCUT2D eigenvalue weighted by Gasteiger charge is 2.16. The summed E-state index contributed by atoms with van der Waals surface area (Å²) in [5.74, 6) is 1.58. The number of amides is 1. The number of carbonyl (C=O) groups is 1. The molecular weight excluding hydrogens is 248 g/mol. The minimum atomic E-state index is 0.207. The SMILES string of the molecule is Nc1ccc(CSCC(=O)N2CCOCC2)cc1. The number of hydrogen-bond donors (Lipinski definition) is 1. The third-order valence-corrected chi connectivity index (χ3v) is 3.83. The van der Waals surface area contributed by atoms with E-state index < -0.39 is 0 Å². The maximum absolute atomic E-state index is 11.9. The van der Waals surface area contributed by atoms with Gasteiger partial charge in [-0.05, 0) is 17.7 Å². The standard InChI is InChI=1S/C13H18N2O2S/c14-12-3-1-11(2-4-12)9-18-10-13(16)15-5-7-17-8-6-15/h1-4H,5-10,14H2. The van der Waals surface area contributed by atoms with Crippen LogP contribution in [-0.4, -0.2) is 42.9 Å². The van der Waals surface area contributed by atoms with Gasteiger partial charge in [0.2, 0.25) is 5.91 Å². The number of carbonyl (C=O) groups excluding carboxylic acids is 1. The predicted molar refractivity (Wildman–Crippen MR) is 74.4 cm³/mol. The molecule has 0 unspecified atom stereocenters. The monoisotopic (exact) mass is 266 g/mol. The zero-order valence-electron chi connectivity index (χ0n) is 10.3. The number of benzene rings is 1. The van der Waals surface area contributed by atoms with Gasteiger partial charge in [0.25, 0.3) is 0 Å². The van der Waals surface area contributed by atoms with Crippen LogP contribution in [0.5, 0.6) is 0 Å². The Morgan fingerprint density at radius 3 is 2.61 bits per heavy atom. The van der Waals surface area contributed by atoms with Crippen molar-refractivity contribution in [1.29, 1.82) is 0 Å². The molecule has 1 aromatic rings. The lowest BCUT2D eigenvalue weighted by molar-refractivity contribution is -0.132. The number of nitrogens with two attached hydrogens (primary N) is 1. The minimum absolute atomic E-state index is 0.207. The van der Waals surface area contributed by atoms with E-state index in [0.717, 1.165) is 24.5 Å². The second-order valence-electron chi connectivity index (χ2n) is 4.23. The summed E-state index contributed by atoms with van der Waals surface area (Å²) in [6, 6.07) is 7.78. The van der Waals surface area contributed by atoms with Crippen molar-refractivity contribution in [2.45, 2.75) is 5.75 Å². The fourth-order valence-corrected chi connectivity index (χ4v) is 2.66. The number of nitrogens with zero attached hydrogens (tertiary/aromatic N) is 1. The van der Waals surface area contributed by atoms with Gasteiger partial charge >= 0.3 is 0 Å². The topological polar surface area (TPSA) is 55.6 Å². The highest BCUT2D eigenvalue weighted by Crippen LogP contribution is 2.14. The minimum Gasteiger partial charge on any atom is -0.399 e. The first-order chi connectivity index (χ1) is 8.75. The molecule has 0 aromatic heterocycles. The molecule has 1 heterocycles. The maximum Gasteiger partial charge on any atom is 0.232 e. The van der Waals surface area contributed by atoms with Crippen LogP contribution >= 0.6 is 11.8 Å². The molecule has 0 aliphatic carbocycles. The first-order valence-electron chi connectivity index (χ1n) is 6.03. The van der Waals surface area contributed by atoms with Gasteiger partial charge < -0.3 is 15.4 Å².